The van der Waals surface area contributed by atoms with Gasteiger partial charge in [-0.15, -0.1) is 0 Å². The number of hydrogen-bond donors (Lipinski definition) is 1. The molecule has 6 heteroatoms. The Labute approximate surface area is 137 Å². The molecule has 1 aromatic heterocycles. The molecule has 0 spiro atoms. The number of rotatable bonds is 3. The van der Waals surface area contributed by atoms with Crippen LogP contribution in [-0.4, -0.2) is 13.4 Å². The zero-order chi connectivity index (χ0) is 15.7. The fourth-order valence-corrected chi connectivity index (χ4v) is 3.62. The Morgan fingerprint density at radius 2 is 1.77 bits per heavy atom. The summed E-state index contributed by atoms with van der Waals surface area (Å²) in [7, 11) is -3.64. The Morgan fingerprint density at radius 1 is 1.05 bits per heavy atom. The number of hydrogen-bond acceptors (Lipinski definition) is 3. The van der Waals surface area contributed by atoms with Gasteiger partial charge in [0.25, 0.3) is 10.0 Å². The maximum atomic E-state index is 12.6. The van der Waals surface area contributed by atoms with Gasteiger partial charge in [-0.3, -0.25) is 9.71 Å². The van der Waals surface area contributed by atoms with E-state index in [1.54, 1.807) is 36.5 Å². The summed E-state index contributed by atoms with van der Waals surface area (Å²) in [5, 5.41) is 0.781. The Balaban J connectivity index is 2.09. The van der Waals surface area contributed by atoms with Gasteiger partial charge in [-0.2, -0.15) is 0 Å². The molecule has 2 aromatic carbocycles. The van der Waals surface area contributed by atoms with Gasteiger partial charge in [0.1, 0.15) is 0 Å². The predicted molar refractivity (Wildman–Crippen MR) is 91.4 cm³/mol. The number of aryl methyl sites for hydroxylation is 1. The first-order valence-electron chi connectivity index (χ1n) is 6.60. The van der Waals surface area contributed by atoms with Crippen molar-refractivity contribution in [3.63, 3.8) is 0 Å². The van der Waals surface area contributed by atoms with Gasteiger partial charge in [0, 0.05) is 16.1 Å². The van der Waals surface area contributed by atoms with E-state index in [0.717, 1.165) is 20.9 Å². The minimum Gasteiger partial charge on any atom is -0.279 e. The minimum absolute atomic E-state index is 0.219. The second-order valence-corrected chi connectivity index (χ2v) is 7.49. The summed E-state index contributed by atoms with van der Waals surface area (Å²) in [6.45, 7) is 1.87. The first-order valence-corrected chi connectivity index (χ1v) is 8.88. The lowest BCUT2D eigenvalue weighted by Gasteiger charge is -2.13. The molecule has 0 saturated carbocycles. The van der Waals surface area contributed by atoms with Gasteiger partial charge in [0.05, 0.1) is 16.1 Å². The van der Waals surface area contributed by atoms with Crippen molar-refractivity contribution in [1.29, 1.82) is 0 Å². The van der Waals surface area contributed by atoms with Gasteiger partial charge in [0.15, 0.2) is 0 Å². The molecule has 0 radical (unpaired) electrons. The Bertz CT molecular complexity index is 938. The summed E-state index contributed by atoms with van der Waals surface area (Å²) in [6, 6.07) is 13.9. The number of benzene rings is 2. The van der Waals surface area contributed by atoms with Crippen molar-refractivity contribution in [3.8, 4) is 0 Å². The summed E-state index contributed by atoms with van der Waals surface area (Å²) in [5.41, 5.74) is 2.16. The molecule has 3 rings (SSSR count). The molecule has 112 valence electrons. The van der Waals surface area contributed by atoms with E-state index in [9.17, 15) is 8.42 Å². The van der Waals surface area contributed by atoms with Crippen molar-refractivity contribution in [3.05, 3.63) is 64.8 Å². The number of nitrogens with one attached hydrogen (secondary N) is 1. The number of nitrogens with zero attached hydrogens (tertiary/aromatic N) is 1. The zero-order valence-corrected chi connectivity index (χ0v) is 14.1. The molecule has 0 aliphatic carbocycles. The molecule has 1 N–H and O–H groups in total. The molecule has 0 aliphatic heterocycles. The van der Waals surface area contributed by atoms with E-state index in [1.165, 1.54) is 0 Å². The smallest absolute Gasteiger partial charge is 0.261 e. The topological polar surface area (TPSA) is 59.1 Å². The lowest BCUT2D eigenvalue weighted by molar-refractivity contribution is 0.601. The highest BCUT2D eigenvalue weighted by Gasteiger charge is 2.17. The highest BCUT2D eigenvalue weighted by atomic mass is 79.9. The van der Waals surface area contributed by atoms with Crippen LogP contribution in [0.2, 0.25) is 0 Å². The molecule has 0 bridgehead atoms. The molecule has 1 heterocycles. The summed E-state index contributed by atoms with van der Waals surface area (Å²) < 4.78 is 28.6. The van der Waals surface area contributed by atoms with E-state index in [4.69, 9.17) is 0 Å². The van der Waals surface area contributed by atoms with E-state index in [0.29, 0.717) is 5.69 Å². The third kappa shape index (κ3) is 2.84. The van der Waals surface area contributed by atoms with E-state index < -0.39 is 10.0 Å². The van der Waals surface area contributed by atoms with Gasteiger partial charge in [-0.25, -0.2) is 8.42 Å². The summed E-state index contributed by atoms with van der Waals surface area (Å²) in [4.78, 5) is 4.47. The Kier molecular flexibility index (Phi) is 3.88. The molecular formula is C16H13BrN2O2S. The molecule has 0 atom stereocenters. The van der Waals surface area contributed by atoms with Crippen molar-refractivity contribution in [2.45, 2.75) is 11.8 Å². The van der Waals surface area contributed by atoms with Gasteiger partial charge in [-0.05, 0) is 55.0 Å². The van der Waals surface area contributed by atoms with E-state index in [-0.39, 0.29) is 4.90 Å². The number of pyridine rings is 1. The average molecular weight is 377 g/mol. The third-order valence-electron chi connectivity index (χ3n) is 3.35. The molecule has 3 aromatic rings. The summed E-state index contributed by atoms with van der Waals surface area (Å²) >= 11 is 3.30. The molecule has 4 nitrogen and oxygen atoms in total. The van der Waals surface area contributed by atoms with Crippen molar-refractivity contribution in [2.24, 2.45) is 0 Å². The highest BCUT2D eigenvalue weighted by Crippen LogP contribution is 2.28. The highest BCUT2D eigenvalue weighted by molar-refractivity contribution is 9.10. The predicted octanol–water partition coefficient (Wildman–Crippen LogP) is 4.11. The van der Waals surface area contributed by atoms with Gasteiger partial charge >= 0.3 is 0 Å². The third-order valence-corrected chi connectivity index (χ3v) is 5.25. The number of anilines is 1. The molecule has 0 amide bonds. The van der Waals surface area contributed by atoms with Gasteiger partial charge in [-0.1, -0.05) is 22.0 Å². The molecule has 0 fully saturated rings. The van der Waals surface area contributed by atoms with Crippen LogP contribution in [0.5, 0.6) is 0 Å². The van der Waals surface area contributed by atoms with Crippen molar-refractivity contribution in [1.82, 2.24) is 4.98 Å². The SMILES string of the molecule is Cc1ccc2ncccc2c1NS(=O)(=O)c1ccc(Br)cc1. The van der Waals surface area contributed by atoms with Crippen molar-refractivity contribution < 1.29 is 8.42 Å². The second kappa shape index (κ2) is 5.70. The van der Waals surface area contributed by atoms with Crippen molar-refractivity contribution in [2.75, 3.05) is 4.72 Å². The van der Waals surface area contributed by atoms with Gasteiger partial charge in [0.2, 0.25) is 0 Å². The number of fused-ring (bicyclic) bond motifs is 1. The zero-order valence-electron chi connectivity index (χ0n) is 11.7. The average Bonchev–Trinajstić information content (AvgIpc) is 2.50. The van der Waals surface area contributed by atoms with Crippen LogP contribution in [0, 0.1) is 6.92 Å². The fraction of sp³-hybridized carbons (Fsp3) is 0.0625. The standard InChI is InChI=1S/C16H13BrN2O2S/c1-11-4-9-15-14(3-2-10-18-15)16(11)19-22(20,21)13-7-5-12(17)6-8-13/h2-10,19H,1H3. The van der Waals surface area contributed by atoms with Crippen LogP contribution in [0.25, 0.3) is 10.9 Å². The molecule has 22 heavy (non-hydrogen) atoms. The lowest BCUT2D eigenvalue weighted by Crippen LogP contribution is -2.14. The molecular weight excluding hydrogens is 364 g/mol. The molecule has 0 aliphatic rings. The maximum Gasteiger partial charge on any atom is 0.261 e. The first kappa shape index (κ1) is 15.0. The monoisotopic (exact) mass is 376 g/mol. The number of halogens is 1. The second-order valence-electron chi connectivity index (χ2n) is 4.89. The molecule has 0 unspecified atom stereocenters. The van der Waals surface area contributed by atoms with Crippen LogP contribution in [0.3, 0.4) is 0 Å². The lowest BCUT2D eigenvalue weighted by atomic mass is 10.1. The van der Waals surface area contributed by atoms with E-state index in [2.05, 4.69) is 25.6 Å². The summed E-state index contributed by atoms with van der Waals surface area (Å²) in [5.74, 6) is 0. The Morgan fingerprint density at radius 3 is 2.50 bits per heavy atom. The quantitative estimate of drug-likeness (QED) is 0.748. The normalized spacial score (nSPS) is 11.5. The first-order chi connectivity index (χ1) is 10.5. The van der Waals surface area contributed by atoms with Crippen LogP contribution in [0.4, 0.5) is 5.69 Å². The fourth-order valence-electron chi connectivity index (χ4n) is 2.20. The van der Waals surface area contributed by atoms with Crippen LogP contribution in [0.15, 0.2) is 64.1 Å². The van der Waals surface area contributed by atoms with E-state index >= 15 is 0 Å². The van der Waals surface area contributed by atoms with Crippen LogP contribution in [-0.2, 0) is 10.0 Å². The summed E-state index contributed by atoms with van der Waals surface area (Å²) in [6.07, 6.45) is 1.69. The number of aromatic nitrogens is 1. The minimum atomic E-state index is -3.64. The molecule has 0 saturated heterocycles. The van der Waals surface area contributed by atoms with E-state index in [1.807, 2.05) is 25.1 Å². The maximum absolute atomic E-state index is 12.6. The number of sulfonamides is 1. The van der Waals surface area contributed by atoms with Crippen LogP contribution < -0.4 is 4.72 Å². The Hall–Kier alpha value is -1.92. The van der Waals surface area contributed by atoms with Crippen LogP contribution >= 0.6 is 15.9 Å². The van der Waals surface area contributed by atoms with Gasteiger partial charge < -0.3 is 0 Å². The van der Waals surface area contributed by atoms with Crippen LogP contribution in [0.1, 0.15) is 5.56 Å². The van der Waals surface area contributed by atoms with Crippen molar-refractivity contribution >= 4 is 42.5 Å². The largest absolute Gasteiger partial charge is 0.279 e.